The molecule has 1 aromatic carbocycles. The Morgan fingerprint density at radius 3 is 2.76 bits per heavy atom. The van der Waals surface area contributed by atoms with Gasteiger partial charge in [-0.1, -0.05) is 92.9 Å². The third-order valence-electron chi connectivity index (χ3n) is 6.38. The second kappa shape index (κ2) is 13.6. The minimum atomic E-state index is -0.515. The summed E-state index contributed by atoms with van der Waals surface area (Å²) in [5.41, 5.74) is 2.76. The van der Waals surface area contributed by atoms with Crippen LogP contribution in [0.1, 0.15) is 63.5 Å². The van der Waals surface area contributed by atoms with Crippen LogP contribution in [-0.2, 0) is 10.9 Å². The van der Waals surface area contributed by atoms with Crippen molar-refractivity contribution in [1.82, 2.24) is 0 Å². The zero-order valence-corrected chi connectivity index (χ0v) is 21.7. The van der Waals surface area contributed by atoms with Crippen molar-refractivity contribution in [3.05, 3.63) is 47.5 Å². The van der Waals surface area contributed by atoms with E-state index >= 15 is 0 Å². The summed E-state index contributed by atoms with van der Waals surface area (Å²) in [6.07, 6.45) is 13.1. The molecule has 0 spiro atoms. The molecule has 2 unspecified atom stereocenters. The second-order valence-electron chi connectivity index (χ2n) is 8.80. The molecule has 5 heteroatoms. The monoisotopic (exact) mass is 454 g/mol. The number of rotatable bonds is 12. The first-order valence-corrected chi connectivity index (χ1v) is 15.7. The van der Waals surface area contributed by atoms with E-state index in [1.165, 1.54) is 36.8 Å². The number of aryl methyl sites for hydroxylation is 1. The lowest BCUT2D eigenvalue weighted by Gasteiger charge is -2.25. The highest BCUT2D eigenvalue weighted by Crippen LogP contribution is 2.55. The number of allylic oxidation sites excluding steroid dienone is 1. The third-order valence-corrected chi connectivity index (χ3v) is 7.63. The molecule has 164 valence electrons. The van der Waals surface area contributed by atoms with Gasteiger partial charge >= 0.3 is 0 Å². The van der Waals surface area contributed by atoms with E-state index in [1.807, 2.05) is 0 Å². The van der Waals surface area contributed by atoms with E-state index in [2.05, 4.69) is 75.0 Å². The highest BCUT2D eigenvalue weighted by Gasteiger charge is 2.39. The van der Waals surface area contributed by atoms with Gasteiger partial charge in [0.05, 0.1) is 13.6 Å². The van der Waals surface area contributed by atoms with Crippen LogP contribution in [0.15, 0.2) is 36.4 Å². The molecule has 0 bridgehead atoms. The van der Waals surface area contributed by atoms with E-state index in [4.69, 9.17) is 4.52 Å². The molecule has 0 radical (unpaired) electrons. The fraction of sp³-hybridized carbons (Fsp3) is 0.667. The highest BCUT2D eigenvalue weighted by atomic mass is 32.4. The van der Waals surface area contributed by atoms with Gasteiger partial charge in [-0.15, -0.1) is 0 Å². The fourth-order valence-electron chi connectivity index (χ4n) is 4.98. The maximum absolute atomic E-state index is 9.62. The normalized spacial score (nSPS) is 25.9. The van der Waals surface area contributed by atoms with Crippen molar-refractivity contribution < 1.29 is 9.63 Å². The molecule has 0 saturated heterocycles. The zero-order chi connectivity index (χ0) is 21.2. The summed E-state index contributed by atoms with van der Waals surface area (Å²) in [6, 6.07) is 8.93. The minimum Gasteiger partial charge on any atom is -0.396 e. The van der Waals surface area contributed by atoms with Crippen molar-refractivity contribution in [1.29, 1.82) is 0 Å². The Hall–Kier alpha value is 0.170. The van der Waals surface area contributed by atoms with Gasteiger partial charge in [0, 0.05) is 6.61 Å². The first-order valence-electron chi connectivity index (χ1n) is 11.3. The second-order valence-corrected chi connectivity index (χ2v) is 14.6. The van der Waals surface area contributed by atoms with Crippen molar-refractivity contribution in [3.8, 4) is 0 Å². The average Bonchev–Trinajstić information content (AvgIpc) is 2.94. The minimum absolute atomic E-state index is 0.214. The number of aliphatic hydroxyl groups excluding tert-OH is 1. The quantitative estimate of drug-likeness (QED) is 0.204. The number of unbranched alkanes of at least 4 members (excludes halogenated alkanes) is 2. The first kappa shape index (κ1) is 25.4. The summed E-state index contributed by atoms with van der Waals surface area (Å²) in [7, 11) is 5.08. The SMILES string of the molecule is CCCCC[C@@H](/C=C/[C@@H]1[C@@H](Cc2cccc(C)c2)[C@@H](CCO)C[C@H]1C)OP(P)P. The molecule has 0 amide bonds. The van der Waals surface area contributed by atoms with Gasteiger partial charge in [0.1, 0.15) is 0 Å². The largest absolute Gasteiger partial charge is 0.396 e. The molecule has 1 aromatic rings. The molecule has 1 aliphatic rings. The van der Waals surface area contributed by atoms with Gasteiger partial charge < -0.3 is 9.63 Å². The summed E-state index contributed by atoms with van der Waals surface area (Å²) >= 11 is 0. The van der Waals surface area contributed by atoms with E-state index in [0.717, 1.165) is 19.3 Å². The Morgan fingerprint density at radius 2 is 2.10 bits per heavy atom. The predicted octanol–water partition coefficient (Wildman–Crippen LogP) is 7.31. The predicted molar refractivity (Wildman–Crippen MR) is 135 cm³/mol. The molecule has 29 heavy (non-hydrogen) atoms. The molecular weight excluding hydrogens is 413 g/mol. The lowest BCUT2D eigenvalue weighted by atomic mass is 9.81. The molecule has 0 aliphatic heterocycles. The van der Waals surface area contributed by atoms with Crippen LogP contribution in [-0.4, -0.2) is 17.8 Å². The van der Waals surface area contributed by atoms with Gasteiger partial charge in [0.25, 0.3) is 0 Å². The fourth-order valence-corrected chi connectivity index (χ4v) is 6.40. The molecule has 0 heterocycles. The molecule has 1 saturated carbocycles. The summed E-state index contributed by atoms with van der Waals surface area (Å²) in [5.74, 6) is 2.41. The van der Waals surface area contributed by atoms with Crippen molar-refractivity contribution in [3.63, 3.8) is 0 Å². The van der Waals surface area contributed by atoms with E-state index in [1.54, 1.807) is 0 Å². The zero-order valence-electron chi connectivity index (χ0n) is 18.5. The standard InChI is InChI=1S/C24H41O2P3/c1-4-5-6-10-22(26-29(27)28)11-12-23-19(3)16-21(13-14-25)24(23)17-20-9-7-8-18(2)15-20/h7-9,11-12,15,19,21-25H,4-6,10,13-14,16-17,27-28H2,1-3H3/b12-11+/t19-,21+,22+,23+,24+/m1/s1. The van der Waals surface area contributed by atoms with Gasteiger partial charge in [0.2, 0.25) is 0 Å². The maximum atomic E-state index is 9.62. The Balaban J connectivity index is 2.14. The summed E-state index contributed by atoms with van der Waals surface area (Å²) in [4.78, 5) is 0. The number of hydrogen-bond donors (Lipinski definition) is 1. The van der Waals surface area contributed by atoms with Gasteiger partial charge in [-0.05, 0) is 61.8 Å². The van der Waals surface area contributed by atoms with Crippen LogP contribution in [0.2, 0.25) is 0 Å². The molecule has 7 atom stereocenters. The van der Waals surface area contributed by atoms with Crippen LogP contribution in [0.3, 0.4) is 0 Å². The molecule has 1 aliphatic carbocycles. The van der Waals surface area contributed by atoms with E-state index in [0.29, 0.717) is 30.3 Å². The highest BCUT2D eigenvalue weighted by molar-refractivity contribution is 8.41. The van der Waals surface area contributed by atoms with Gasteiger partial charge in [0.15, 0.2) is 0 Å². The van der Waals surface area contributed by atoms with E-state index in [9.17, 15) is 5.11 Å². The molecule has 1 fully saturated rings. The van der Waals surface area contributed by atoms with Crippen molar-refractivity contribution in [2.75, 3.05) is 6.61 Å². The van der Waals surface area contributed by atoms with Crippen LogP contribution >= 0.6 is 25.4 Å². The van der Waals surface area contributed by atoms with Crippen LogP contribution in [0, 0.1) is 30.6 Å². The van der Waals surface area contributed by atoms with Crippen molar-refractivity contribution >= 4 is 25.4 Å². The van der Waals surface area contributed by atoms with Gasteiger partial charge in [-0.25, -0.2) is 0 Å². The van der Waals surface area contributed by atoms with Crippen LogP contribution in [0.5, 0.6) is 0 Å². The Kier molecular flexibility index (Phi) is 11.9. The Labute approximate surface area is 184 Å². The van der Waals surface area contributed by atoms with Gasteiger partial charge in [-0.2, -0.15) is 0 Å². The smallest absolute Gasteiger partial charge is 0.0807 e. The Bertz CT molecular complexity index is 620. The molecule has 2 rings (SSSR count). The summed E-state index contributed by atoms with van der Waals surface area (Å²) < 4.78 is 6.20. The molecule has 2 nitrogen and oxygen atoms in total. The first-order chi connectivity index (χ1) is 13.9. The van der Waals surface area contributed by atoms with Crippen molar-refractivity contribution in [2.45, 2.75) is 71.8 Å². The Morgan fingerprint density at radius 1 is 1.31 bits per heavy atom. The van der Waals surface area contributed by atoms with E-state index < -0.39 is 7.53 Å². The third kappa shape index (κ3) is 8.67. The van der Waals surface area contributed by atoms with Crippen LogP contribution in [0.25, 0.3) is 0 Å². The number of hydrogen-bond acceptors (Lipinski definition) is 2. The topological polar surface area (TPSA) is 29.5 Å². The number of aliphatic hydroxyl groups is 1. The van der Waals surface area contributed by atoms with E-state index in [-0.39, 0.29) is 6.10 Å². The lowest BCUT2D eigenvalue weighted by Crippen LogP contribution is -2.19. The molecular formula is C24H41O2P3. The van der Waals surface area contributed by atoms with Crippen LogP contribution < -0.4 is 0 Å². The molecule has 1 N–H and O–H groups in total. The average molecular weight is 455 g/mol. The lowest BCUT2D eigenvalue weighted by molar-refractivity contribution is 0.225. The van der Waals surface area contributed by atoms with Gasteiger partial charge in [-0.3, -0.25) is 0 Å². The molecule has 0 aromatic heterocycles. The summed E-state index contributed by atoms with van der Waals surface area (Å²) in [5, 5.41) is 9.62. The maximum Gasteiger partial charge on any atom is 0.0807 e. The number of benzene rings is 1. The van der Waals surface area contributed by atoms with Crippen molar-refractivity contribution in [2.24, 2.45) is 23.7 Å². The van der Waals surface area contributed by atoms with Crippen LogP contribution in [0.4, 0.5) is 0 Å². The summed E-state index contributed by atoms with van der Waals surface area (Å²) in [6.45, 7) is 7.11.